The summed E-state index contributed by atoms with van der Waals surface area (Å²) in [7, 11) is 0. The van der Waals surface area contributed by atoms with Gasteiger partial charge in [-0.05, 0) is 41.2 Å². The standard InChI is InChI=1S/C18H13ClN6O2S/c19-14-8-6-12(7-9-14)15(26)11-28-18-22-20-16(27-18)10-25-23-17(21-24-25)13-4-2-1-3-5-13/h1-9,11,26H,10H2. The molecule has 0 bridgehead atoms. The topological polar surface area (TPSA) is 103 Å². The Hall–Kier alpha value is -3.17. The predicted octanol–water partition coefficient (Wildman–Crippen LogP) is 4.07. The molecule has 0 saturated heterocycles. The van der Waals surface area contributed by atoms with Crippen LogP contribution in [0, 0.1) is 0 Å². The van der Waals surface area contributed by atoms with Gasteiger partial charge >= 0.3 is 0 Å². The summed E-state index contributed by atoms with van der Waals surface area (Å²) in [5.41, 5.74) is 1.51. The van der Waals surface area contributed by atoms with Gasteiger partial charge in [-0.25, -0.2) is 0 Å². The molecule has 0 aliphatic rings. The third-order valence-corrected chi connectivity index (χ3v) is 4.58. The van der Waals surface area contributed by atoms with Crippen LogP contribution < -0.4 is 0 Å². The molecular formula is C18H13ClN6O2S. The van der Waals surface area contributed by atoms with Crippen molar-refractivity contribution in [1.82, 2.24) is 30.4 Å². The van der Waals surface area contributed by atoms with Crippen molar-refractivity contribution in [2.24, 2.45) is 0 Å². The van der Waals surface area contributed by atoms with Gasteiger partial charge in [-0.1, -0.05) is 41.9 Å². The zero-order valence-electron chi connectivity index (χ0n) is 14.3. The Morgan fingerprint density at radius 2 is 1.86 bits per heavy atom. The van der Waals surface area contributed by atoms with Gasteiger partial charge in [0.25, 0.3) is 5.22 Å². The van der Waals surface area contributed by atoms with Gasteiger partial charge in [-0.2, -0.15) is 4.80 Å². The van der Waals surface area contributed by atoms with E-state index < -0.39 is 0 Å². The summed E-state index contributed by atoms with van der Waals surface area (Å²) in [6, 6.07) is 16.4. The van der Waals surface area contributed by atoms with E-state index in [0.29, 0.717) is 27.5 Å². The van der Waals surface area contributed by atoms with Crippen molar-refractivity contribution in [1.29, 1.82) is 0 Å². The maximum absolute atomic E-state index is 10.1. The van der Waals surface area contributed by atoms with Crippen LogP contribution in [0.1, 0.15) is 11.5 Å². The van der Waals surface area contributed by atoms with Crippen LogP contribution in [0.25, 0.3) is 17.1 Å². The average molecular weight is 413 g/mol. The lowest BCUT2D eigenvalue weighted by Crippen LogP contribution is -2.04. The molecule has 0 unspecified atom stereocenters. The quantitative estimate of drug-likeness (QED) is 0.373. The molecule has 140 valence electrons. The van der Waals surface area contributed by atoms with E-state index in [2.05, 4.69) is 25.6 Å². The van der Waals surface area contributed by atoms with Crippen molar-refractivity contribution in [3.8, 4) is 11.4 Å². The lowest BCUT2D eigenvalue weighted by atomic mass is 10.2. The summed E-state index contributed by atoms with van der Waals surface area (Å²) in [5, 5.41) is 32.7. The fraction of sp³-hybridized carbons (Fsp3) is 0.0556. The second-order valence-corrected chi connectivity index (χ2v) is 6.86. The van der Waals surface area contributed by atoms with Crippen molar-refractivity contribution < 1.29 is 9.52 Å². The summed E-state index contributed by atoms with van der Waals surface area (Å²) in [4.78, 5) is 1.38. The van der Waals surface area contributed by atoms with E-state index in [1.54, 1.807) is 24.3 Å². The van der Waals surface area contributed by atoms with Gasteiger partial charge in [0.05, 0.1) is 0 Å². The normalized spacial score (nSPS) is 11.7. The van der Waals surface area contributed by atoms with E-state index in [1.165, 1.54) is 10.2 Å². The highest BCUT2D eigenvalue weighted by atomic mass is 35.5. The number of nitrogens with zero attached hydrogens (tertiary/aromatic N) is 6. The van der Waals surface area contributed by atoms with Crippen LogP contribution in [0.5, 0.6) is 0 Å². The van der Waals surface area contributed by atoms with Crippen LogP contribution in [0.3, 0.4) is 0 Å². The van der Waals surface area contributed by atoms with Gasteiger partial charge in [-0.3, -0.25) is 0 Å². The summed E-state index contributed by atoms with van der Waals surface area (Å²) in [6.07, 6.45) is 0. The van der Waals surface area contributed by atoms with Gasteiger partial charge in [0.2, 0.25) is 11.7 Å². The number of tetrazole rings is 1. The molecule has 2 heterocycles. The minimum Gasteiger partial charge on any atom is -0.507 e. The molecule has 0 atom stereocenters. The van der Waals surface area contributed by atoms with E-state index in [1.807, 2.05) is 30.3 Å². The Morgan fingerprint density at radius 1 is 1.07 bits per heavy atom. The van der Waals surface area contributed by atoms with E-state index in [9.17, 15) is 5.11 Å². The van der Waals surface area contributed by atoms with Crippen molar-refractivity contribution in [3.05, 3.63) is 76.5 Å². The number of rotatable bonds is 6. The van der Waals surface area contributed by atoms with E-state index in [0.717, 1.165) is 17.3 Å². The van der Waals surface area contributed by atoms with Crippen molar-refractivity contribution in [2.75, 3.05) is 0 Å². The zero-order chi connectivity index (χ0) is 19.3. The molecule has 4 aromatic rings. The largest absolute Gasteiger partial charge is 0.507 e. The van der Waals surface area contributed by atoms with Gasteiger partial charge < -0.3 is 9.52 Å². The van der Waals surface area contributed by atoms with Crippen LogP contribution in [0.15, 0.2) is 69.6 Å². The fourth-order valence-electron chi connectivity index (χ4n) is 2.28. The Balaban J connectivity index is 1.40. The van der Waals surface area contributed by atoms with Gasteiger partial charge in [0.15, 0.2) is 0 Å². The number of hydrogen-bond acceptors (Lipinski definition) is 8. The summed E-state index contributed by atoms with van der Waals surface area (Å²) < 4.78 is 5.54. The Kier molecular flexibility index (Phi) is 5.36. The average Bonchev–Trinajstić information content (AvgIpc) is 3.37. The zero-order valence-corrected chi connectivity index (χ0v) is 15.9. The second-order valence-electron chi connectivity index (χ2n) is 5.60. The van der Waals surface area contributed by atoms with Crippen LogP contribution in [0.4, 0.5) is 0 Å². The van der Waals surface area contributed by atoms with Gasteiger partial charge in [-0.15, -0.1) is 20.4 Å². The van der Waals surface area contributed by atoms with Crippen LogP contribution in [-0.4, -0.2) is 35.5 Å². The van der Waals surface area contributed by atoms with Crippen LogP contribution >= 0.6 is 23.4 Å². The maximum atomic E-state index is 10.1. The molecule has 0 saturated carbocycles. The molecule has 1 N–H and O–H groups in total. The highest BCUT2D eigenvalue weighted by molar-refractivity contribution is 8.02. The van der Waals surface area contributed by atoms with Crippen LogP contribution in [0.2, 0.25) is 5.02 Å². The molecule has 4 rings (SSSR count). The number of aliphatic hydroxyl groups excluding tert-OH is 1. The minimum absolute atomic E-state index is 0.0758. The minimum atomic E-state index is 0.0758. The predicted molar refractivity (Wildman–Crippen MR) is 105 cm³/mol. The van der Waals surface area contributed by atoms with Crippen LogP contribution in [-0.2, 0) is 6.54 Å². The Bertz CT molecular complexity index is 1090. The molecule has 0 fully saturated rings. The van der Waals surface area contributed by atoms with Gasteiger partial charge in [0.1, 0.15) is 12.3 Å². The first-order chi connectivity index (χ1) is 13.7. The molecule has 0 radical (unpaired) electrons. The number of benzene rings is 2. The highest BCUT2D eigenvalue weighted by Crippen LogP contribution is 2.23. The van der Waals surface area contributed by atoms with Crippen molar-refractivity contribution >= 4 is 29.1 Å². The number of halogens is 1. The molecule has 0 amide bonds. The smallest absolute Gasteiger partial charge is 0.281 e. The first kappa shape index (κ1) is 18.2. The summed E-state index contributed by atoms with van der Waals surface area (Å²) >= 11 is 6.95. The Labute approximate surface area is 168 Å². The summed E-state index contributed by atoms with van der Waals surface area (Å²) in [5.74, 6) is 0.927. The molecule has 2 aromatic heterocycles. The number of hydrogen-bond donors (Lipinski definition) is 1. The number of aromatic nitrogens is 6. The summed E-state index contributed by atoms with van der Waals surface area (Å²) in [6.45, 7) is 0.195. The van der Waals surface area contributed by atoms with E-state index >= 15 is 0 Å². The second kappa shape index (κ2) is 8.24. The maximum Gasteiger partial charge on any atom is 0.281 e. The lowest BCUT2D eigenvalue weighted by molar-refractivity contribution is 0.386. The molecule has 28 heavy (non-hydrogen) atoms. The fourth-order valence-corrected chi connectivity index (χ4v) is 2.99. The molecule has 0 aliphatic carbocycles. The third-order valence-electron chi connectivity index (χ3n) is 3.62. The molecule has 8 nitrogen and oxygen atoms in total. The molecular weight excluding hydrogens is 400 g/mol. The first-order valence-electron chi connectivity index (χ1n) is 8.15. The molecule has 10 heteroatoms. The Morgan fingerprint density at radius 3 is 2.64 bits per heavy atom. The first-order valence-corrected chi connectivity index (χ1v) is 9.40. The van der Waals surface area contributed by atoms with E-state index in [-0.39, 0.29) is 12.3 Å². The van der Waals surface area contributed by atoms with Crippen molar-refractivity contribution in [3.63, 3.8) is 0 Å². The number of thioether (sulfide) groups is 1. The molecule has 0 aliphatic heterocycles. The number of aliphatic hydroxyl groups is 1. The molecule has 0 spiro atoms. The SMILES string of the molecule is OC(=CSc1nnc(Cn2nnc(-c3ccccc3)n2)o1)c1ccc(Cl)cc1. The van der Waals surface area contributed by atoms with E-state index in [4.69, 9.17) is 16.0 Å². The lowest BCUT2D eigenvalue weighted by Gasteiger charge is -1.99. The highest BCUT2D eigenvalue weighted by Gasteiger charge is 2.11. The van der Waals surface area contributed by atoms with Gasteiger partial charge in [0, 0.05) is 21.6 Å². The third kappa shape index (κ3) is 4.38. The van der Waals surface area contributed by atoms with Crippen molar-refractivity contribution in [2.45, 2.75) is 11.8 Å². The monoisotopic (exact) mass is 412 g/mol. The molecule has 2 aromatic carbocycles.